The van der Waals surface area contributed by atoms with Gasteiger partial charge in [0, 0.05) is 6.42 Å². The molecule has 0 aromatic heterocycles. The van der Waals surface area contributed by atoms with Gasteiger partial charge in [-0.3, -0.25) is 9.59 Å². The molecular weight excluding hydrogens is 512 g/mol. The van der Waals surface area contributed by atoms with E-state index in [1.54, 1.807) is 13.8 Å². The van der Waals surface area contributed by atoms with Gasteiger partial charge >= 0.3 is 11.9 Å². The molecule has 7 heteroatoms. The minimum Gasteiger partial charge on any atom is -1.00 e. The summed E-state index contributed by atoms with van der Waals surface area (Å²) in [7, 11) is 0. The molecule has 1 rings (SSSR count). The third kappa shape index (κ3) is 4.06. The number of halogens is 2. The fourth-order valence-corrected chi connectivity index (χ4v) is 4.56. The number of rotatable bonds is 7. The van der Waals surface area contributed by atoms with Gasteiger partial charge in [0.25, 0.3) is 0 Å². The second kappa shape index (κ2) is 9.61. The second-order valence-electron chi connectivity index (χ2n) is 5.54. The molecule has 0 aliphatic carbocycles. The monoisotopic (exact) mass is 539 g/mol. The van der Waals surface area contributed by atoms with Crippen LogP contribution in [0.4, 0.5) is 0 Å². The van der Waals surface area contributed by atoms with E-state index in [0.717, 1.165) is 22.0 Å². The zero-order valence-electron chi connectivity index (χ0n) is 13.9. The Morgan fingerprint density at radius 3 is 1.82 bits per heavy atom. The number of nitrogens with zero attached hydrogens (tertiary/aromatic N) is 1. The van der Waals surface area contributed by atoms with E-state index in [1.165, 1.54) is 0 Å². The van der Waals surface area contributed by atoms with Crippen molar-refractivity contribution >= 4 is 34.5 Å². The molecule has 0 spiro atoms. The molecular formula is C15H27I2NO4. The molecule has 0 radical (unpaired) electrons. The van der Waals surface area contributed by atoms with Gasteiger partial charge in [0.1, 0.15) is 12.6 Å². The molecule has 1 unspecified atom stereocenters. The normalized spacial score (nSPS) is 21.8. The van der Waals surface area contributed by atoms with Gasteiger partial charge in [0.2, 0.25) is 5.41 Å². The van der Waals surface area contributed by atoms with Crippen LogP contribution in [0.2, 0.25) is 0 Å². The van der Waals surface area contributed by atoms with Crippen LogP contribution in [0.25, 0.3) is 0 Å². The number of likely N-dealkylation sites (tertiary alicyclic amines) is 1. The molecule has 22 heavy (non-hydrogen) atoms. The van der Waals surface area contributed by atoms with E-state index < -0.39 is 17.4 Å². The van der Waals surface area contributed by atoms with E-state index in [2.05, 4.69) is 36.4 Å². The van der Waals surface area contributed by atoms with Crippen molar-refractivity contribution in [1.29, 1.82) is 0 Å². The standard InChI is InChI=1S/C15H27INO4.HI/c1-5-17(6-2)11-15(9-12(17)10-16,13(18)20-7-3)14(19)21-8-4;/h12H,5-11H2,1-4H3;1H/q+1;/p-1. The van der Waals surface area contributed by atoms with Crippen molar-refractivity contribution in [3.05, 3.63) is 0 Å². The SMILES string of the molecule is CCOC(=O)C1(C(=O)OCC)CC(CI)[N+](CC)(CC)C1.[I-]. The van der Waals surface area contributed by atoms with E-state index in [-0.39, 0.29) is 43.2 Å². The number of alkyl halides is 1. The first-order valence-electron chi connectivity index (χ1n) is 7.72. The quantitative estimate of drug-likeness (QED) is 0.140. The molecule has 1 aliphatic heterocycles. The maximum absolute atomic E-state index is 12.5. The number of hydrogen-bond acceptors (Lipinski definition) is 4. The molecule has 0 saturated carbocycles. The van der Waals surface area contributed by atoms with Crippen LogP contribution in [0.3, 0.4) is 0 Å². The summed E-state index contributed by atoms with van der Waals surface area (Å²) in [6, 6.07) is 0.286. The van der Waals surface area contributed by atoms with Gasteiger partial charge in [-0.15, -0.1) is 0 Å². The average Bonchev–Trinajstić information content (AvgIpc) is 2.84. The first kappa shape index (κ1) is 22.4. The van der Waals surface area contributed by atoms with Crippen molar-refractivity contribution in [2.45, 2.75) is 40.2 Å². The van der Waals surface area contributed by atoms with Gasteiger partial charge in [0.15, 0.2) is 0 Å². The first-order chi connectivity index (χ1) is 9.96. The molecule has 1 fully saturated rings. The number of carbonyl (C=O) groups excluding carboxylic acids is 2. The molecule has 5 nitrogen and oxygen atoms in total. The highest BCUT2D eigenvalue weighted by Crippen LogP contribution is 2.43. The molecule has 0 N–H and O–H groups in total. The molecule has 0 amide bonds. The van der Waals surface area contributed by atoms with Crippen molar-refractivity contribution in [2.75, 3.05) is 37.3 Å². The van der Waals surface area contributed by atoms with Crippen molar-refractivity contribution in [2.24, 2.45) is 5.41 Å². The van der Waals surface area contributed by atoms with Gasteiger partial charge in [0.05, 0.1) is 30.7 Å². The summed E-state index contributed by atoms with van der Waals surface area (Å²) < 4.78 is 12.1. The zero-order valence-corrected chi connectivity index (χ0v) is 18.2. The second-order valence-corrected chi connectivity index (χ2v) is 6.43. The Bertz CT molecular complexity index is 368. The minimum atomic E-state index is -1.13. The maximum atomic E-state index is 12.5. The number of ether oxygens (including phenoxy) is 2. The third-order valence-corrected chi connectivity index (χ3v) is 5.73. The van der Waals surface area contributed by atoms with E-state index in [9.17, 15) is 9.59 Å². The summed E-state index contributed by atoms with van der Waals surface area (Å²) >= 11 is 2.35. The molecule has 130 valence electrons. The van der Waals surface area contributed by atoms with E-state index in [1.807, 2.05) is 0 Å². The van der Waals surface area contributed by atoms with Crippen LogP contribution in [-0.4, -0.2) is 59.7 Å². The summed E-state index contributed by atoms with van der Waals surface area (Å²) in [5.74, 6) is -0.833. The summed E-state index contributed by atoms with van der Waals surface area (Å²) in [5, 5.41) is 0. The Balaban J connectivity index is 0.00000441. The maximum Gasteiger partial charge on any atom is 0.329 e. The number of hydrogen-bond donors (Lipinski definition) is 0. The number of carbonyl (C=O) groups is 2. The van der Waals surface area contributed by atoms with Crippen molar-refractivity contribution in [3.8, 4) is 0 Å². The van der Waals surface area contributed by atoms with Gasteiger partial charge in [-0.05, 0) is 27.7 Å². The third-order valence-electron chi connectivity index (χ3n) is 4.71. The molecule has 1 atom stereocenters. The van der Waals surface area contributed by atoms with E-state index in [4.69, 9.17) is 9.47 Å². The smallest absolute Gasteiger partial charge is 0.329 e. The van der Waals surface area contributed by atoms with Gasteiger partial charge in [-0.25, -0.2) is 0 Å². The summed E-state index contributed by atoms with van der Waals surface area (Å²) in [6.07, 6.45) is 0.523. The number of esters is 2. The highest BCUT2D eigenvalue weighted by molar-refractivity contribution is 14.1. The highest BCUT2D eigenvalue weighted by atomic mass is 127. The van der Waals surface area contributed by atoms with Crippen LogP contribution < -0.4 is 24.0 Å². The Morgan fingerprint density at radius 1 is 1.09 bits per heavy atom. The Labute approximate surface area is 164 Å². The van der Waals surface area contributed by atoms with Gasteiger partial charge in [-0.1, -0.05) is 22.6 Å². The summed E-state index contributed by atoms with van der Waals surface area (Å²) in [6.45, 7) is 10.7. The molecule has 1 heterocycles. The summed E-state index contributed by atoms with van der Waals surface area (Å²) in [5.41, 5.74) is -1.13. The topological polar surface area (TPSA) is 52.6 Å². The van der Waals surface area contributed by atoms with Crippen LogP contribution in [-0.2, 0) is 19.1 Å². The minimum absolute atomic E-state index is 0. The fraction of sp³-hybridized carbons (Fsp3) is 0.867. The van der Waals surface area contributed by atoms with Crippen LogP contribution in [0.15, 0.2) is 0 Å². The van der Waals surface area contributed by atoms with E-state index in [0.29, 0.717) is 13.0 Å². The van der Waals surface area contributed by atoms with Crippen molar-refractivity contribution < 1.29 is 47.5 Å². The van der Waals surface area contributed by atoms with E-state index >= 15 is 0 Å². The first-order valence-corrected chi connectivity index (χ1v) is 9.25. The predicted octanol–water partition coefficient (Wildman–Crippen LogP) is -0.833. The lowest BCUT2D eigenvalue weighted by molar-refractivity contribution is -0.934. The van der Waals surface area contributed by atoms with Crippen LogP contribution >= 0.6 is 22.6 Å². The average molecular weight is 539 g/mol. The molecule has 0 bridgehead atoms. The van der Waals surface area contributed by atoms with Crippen LogP contribution in [0.5, 0.6) is 0 Å². The lowest BCUT2D eigenvalue weighted by atomic mass is 9.85. The Hall–Kier alpha value is 0.360. The largest absolute Gasteiger partial charge is 1.00 e. The Morgan fingerprint density at radius 2 is 1.55 bits per heavy atom. The van der Waals surface area contributed by atoms with Crippen LogP contribution in [0.1, 0.15) is 34.1 Å². The molecule has 1 aliphatic rings. The molecule has 0 aromatic rings. The van der Waals surface area contributed by atoms with Crippen molar-refractivity contribution in [3.63, 3.8) is 0 Å². The van der Waals surface area contributed by atoms with Crippen LogP contribution in [0, 0.1) is 5.41 Å². The predicted molar refractivity (Wildman–Crippen MR) is 89.2 cm³/mol. The lowest BCUT2D eigenvalue weighted by Crippen LogP contribution is -3.00. The fourth-order valence-electron chi connectivity index (χ4n) is 3.41. The lowest BCUT2D eigenvalue weighted by Gasteiger charge is -2.38. The van der Waals surface area contributed by atoms with Crippen molar-refractivity contribution in [1.82, 2.24) is 0 Å². The molecule has 0 aromatic carbocycles. The zero-order chi connectivity index (χ0) is 16.1. The van der Waals surface area contributed by atoms with Gasteiger partial charge < -0.3 is 37.9 Å². The summed E-state index contributed by atoms with van der Waals surface area (Å²) in [4.78, 5) is 25.1. The number of quaternary nitrogens is 1. The molecule has 1 saturated heterocycles. The Kier molecular flexibility index (Phi) is 9.76. The highest BCUT2D eigenvalue weighted by Gasteiger charge is 2.63. The van der Waals surface area contributed by atoms with Gasteiger partial charge in [-0.2, -0.15) is 0 Å².